The number of non-ortho nitro benzene ring substituents is 1. The Morgan fingerprint density at radius 2 is 1.84 bits per heavy atom. The number of sulfonamides is 1. The summed E-state index contributed by atoms with van der Waals surface area (Å²) in [6.45, 7) is -0.173. The van der Waals surface area contributed by atoms with Crippen LogP contribution in [0.25, 0.3) is 6.08 Å². The summed E-state index contributed by atoms with van der Waals surface area (Å²) in [5.41, 5.74) is 0.984. The summed E-state index contributed by atoms with van der Waals surface area (Å²) < 4.78 is 27.3. The molecule has 0 aliphatic heterocycles. The molecule has 0 aliphatic carbocycles. The second-order valence-electron chi connectivity index (χ2n) is 6.82. The van der Waals surface area contributed by atoms with Gasteiger partial charge in [0.1, 0.15) is 6.04 Å². The third-order valence-electron chi connectivity index (χ3n) is 4.43. The molecule has 0 fully saturated rings. The highest BCUT2D eigenvalue weighted by molar-refractivity contribution is 7.98. The number of rotatable bonds is 12. The summed E-state index contributed by atoms with van der Waals surface area (Å²) in [7, 11) is -3.89. The Morgan fingerprint density at radius 1 is 1.19 bits per heavy atom. The summed E-state index contributed by atoms with van der Waals surface area (Å²) in [6, 6.07) is 13.2. The minimum Gasteiger partial charge on any atom is -0.387 e. The zero-order valence-electron chi connectivity index (χ0n) is 17.4. The van der Waals surface area contributed by atoms with E-state index >= 15 is 0 Å². The van der Waals surface area contributed by atoms with Gasteiger partial charge >= 0.3 is 0 Å². The molecular formula is C21H25N3O6S2. The van der Waals surface area contributed by atoms with Gasteiger partial charge in [-0.1, -0.05) is 30.3 Å². The van der Waals surface area contributed by atoms with Crippen molar-refractivity contribution in [2.24, 2.45) is 0 Å². The number of carbonyl (C=O) groups is 1. The Hall–Kier alpha value is -2.73. The molecule has 0 saturated carbocycles. The van der Waals surface area contributed by atoms with Gasteiger partial charge < -0.3 is 10.4 Å². The summed E-state index contributed by atoms with van der Waals surface area (Å²) in [4.78, 5) is 22.8. The van der Waals surface area contributed by atoms with E-state index in [1.54, 1.807) is 24.3 Å². The maximum Gasteiger partial charge on any atom is 0.269 e. The second kappa shape index (κ2) is 12.3. The summed E-state index contributed by atoms with van der Waals surface area (Å²) >= 11 is 1.47. The molecule has 0 spiro atoms. The third kappa shape index (κ3) is 8.42. The first-order valence-corrected chi connectivity index (χ1v) is 12.6. The van der Waals surface area contributed by atoms with E-state index in [-0.39, 0.29) is 18.7 Å². The quantitative estimate of drug-likeness (QED) is 0.314. The van der Waals surface area contributed by atoms with E-state index in [1.807, 2.05) is 12.3 Å². The van der Waals surface area contributed by atoms with Crippen molar-refractivity contribution in [3.8, 4) is 0 Å². The van der Waals surface area contributed by atoms with Crippen molar-refractivity contribution in [2.75, 3.05) is 18.6 Å². The van der Waals surface area contributed by atoms with Crippen LogP contribution in [-0.2, 0) is 14.8 Å². The standard InChI is InChI=1S/C21H25N3O6S2/c1-31-13-11-19(23-32(29,30)14-12-16-5-3-2-4-6-16)21(26)22-15-20(25)17-7-9-18(10-8-17)24(27)28/h2-10,12,14,19-20,23,25H,11,13,15H2,1H3,(H,22,26)/b14-12+/t19-,20-/m0/s1. The lowest BCUT2D eigenvalue weighted by molar-refractivity contribution is -0.384. The minimum atomic E-state index is -3.89. The lowest BCUT2D eigenvalue weighted by Crippen LogP contribution is -2.47. The van der Waals surface area contributed by atoms with Crippen molar-refractivity contribution in [1.29, 1.82) is 0 Å². The number of nitro benzene ring substituents is 1. The van der Waals surface area contributed by atoms with Gasteiger partial charge in [0.05, 0.1) is 11.0 Å². The summed E-state index contributed by atoms with van der Waals surface area (Å²) in [5, 5.41) is 24.5. The van der Waals surface area contributed by atoms with Crippen LogP contribution in [-0.4, -0.2) is 49.0 Å². The molecule has 9 nitrogen and oxygen atoms in total. The number of amides is 1. The first-order chi connectivity index (χ1) is 15.2. The van der Waals surface area contributed by atoms with Gasteiger partial charge in [-0.2, -0.15) is 16.5 Å². The zero-order valence-corrected chi connectivity index (χ0v) is 19.0. The Bertz CT molecular complexity index is 1030. The molecule has 1 amide bonds. The molecule has 0 heterocycles. The molecule has 172 valence electrons. The number of nitro groups is 1. The fraction of sp³-hybridized carbons (Fsp3) is 0.286. The van der Waals surface area contributed by atoms with Crippen molar-refractivity contribution in [2.45, 2.75) is 18.6 Å². The van der Waals surface area contributed by atoms with Crippen molar-refractivity contribution in [1.82, 2.24) is 10.0 Å². The van der Waals surface area contributed by atoms with Crippen LogP contribution in [0, 0.1) is 10.1 Å². The minimum absolute atomic E-state index is 0.111. The van der Waals surface area contributed by atoms with E-state index in [2.05, 4.69) is 10.0 Å². The Balaban J connectivity index is 2.00. The smallest absolute Gasteiger partial charge is 0.269 e. The maximum absolute atomic E-state index is 12.6. The molecular weight excluding hydrogens is 454 g/mol. The highest BCUT2D eigenvalue weighted by atomic mass is 32.2. The van der Waals surface area contributed by atoms with Gasteiger partial charge in [-0.3, -0.25) is 14.9 Å². The molecule has 2 rings (SSSR count). The topological polar surface area (TPSA) is 139 Å². The fourth-order valence-electron chi connectivity index (χ4n) is 2.71. The van der Waals surface area contributed by atoms with Crippen molar-refractivity contribution >= 4 is 39.5 Å². The van der Waals surface area contributed by atoms with Crippen LogP contribution in [0.15, 0.2) is 60.0 Å². The molecule has 11 heteroatoms. The average Bonchev–Trinajstić information content (AvgIpc) is 2.79. The molecule has 0 bridgehead atoms. The van der Waals surface area contributed by atoms with E-state index in [0.29, 0.717) is 16.9 Å². The van der Waals surface area contributed by atoms with E-state index in [9.17, 15) is 28.4 Å². The largest absolute Gasteiger partial charge is 0.387 e. The van der Waals surface area contributed by atoms with E-state index < -0.39 is 33.0 Å². The molecule has 2 aromatic rings. The first-order valence-electron chi connectivity index (χ1n) is 9.66. The molecule has 2 aromatic carbocycles. The molecule has 2 atom stereocenters. The fourth-order valence-corrected chi connectivity index (χ4v) is 4.21. The highest BCUT2D eigenvalue weighted by Crippen LogP contribution is 2.17. The van der Waals surface area contributed by atoms with Crippen LogP contribution in [0.2, 0.25) is 0 Å². The van der Waals surface area contributed by atoms with E-state index in [4.69, 9.17) is 0 Å². The number of hydrogen-bond acceptors (Lipinski definition) is 7. The average molecular weight is 480 g/mol. The van der Waals surface area contributed by atoms with Crippen LogP contribution in [0.1, 0.15) is 23.7 Å². The predicted molar refractivity (Wildman–Crippen MR) is 125 cm³/mol. The van der Waals surface area contributed by atoms with Gasteiger partial charge in [-0.05, 0) is 47.8 Å². The SMILES string of the molecule is CSCC[C@H](NS(=O)(=O)/C=C/c1ccccc1)C(=O)NC[C@H](O)c1ccc([N+](=O)[O-])cc1. The van der Waals surface area contributed by atoms with Crippen LogP contribution in [0.4, 0.5) is 5.69 Å². The highest BCUT2D eigenvalue weighted by Gasteiger charge is 2.23. The monoisotopic (exact) mass is 479 g/mol. The second-order valence-corrected chi connectivity index (χ2v) is 9.40. The zero-order chi connectivity index (χ0) is 23.6. The summed E-state index contributed by atoms with van der Waals surface area (Å²) in [5.74, 6) is -0.0230. The van der Waals surface area contributed by atoms with Crippen molar-refractivity contribution in [3.63, 3.8) is 0 Å². The molecule has 0 aromatic heterocycles. The van der Waals surface area contributed by atoms with Crippen LogP contribution in [0.5, 0.6) is 0 Å². The maximum atomic E-state index is 12.6. The number of nitrogens with one attached hydrogen (secondary N) is 2. The van der Waals surface area contributed by atoms with Crippen molar-refractivity contribution < 1.29 is 23.2 Å². The Labute approximate surface area is 191 Å². The van der Waals surface area contributed by atoms with Gasteiger partial charge in [0.25, 0.3) is 5.69 Å². The predicted octanol–water partition coefficient (Wildman–Crippen LogP) is 2.46. The van der Waals surface area contributed by atoms with Crippen molar-refractivity contribution in [3.05, 3.63) is 81.2 Å². The molecule has 0 aliphatic rings. The van der Waals surface area contributed by atoms with Crippen LogP contribution >= 0.6 is 11.8 Å². The molecule has 0 unspecified atom stereocenters. The third-order valence-corrected chi connectivity index (χ3v) is 6.18. The van der Waals surface area contributed by atoms with Gasteiger partial charge in [0.15, 0.2) is 0 Å². The van der Waals surface area contributed by atoms with Gasteiger partial charge in [0, 0.05) is 24.1 Å². The van der Waals surface area contributed by atoms with E-state index in [0.717, 1.165) is 5.41 Å². The number of nitrogens with zero attached hydrogens (tertiary/aromatic N) is 1. The molecule has 3 N–H and O–H groups in total. The molecule has 0 radical (unpaired) electrons. The molecule has 0 saturated heterocycles. The number of aliphatic hydroxyl groups excluding tert-OH is 1. The summed E-state index contributed by atoms with van der Waals surface area (Å²) in [6.07, 6.45) is 2.44. The lowest BCUT2D eigenvalue weighted by atomic mass is 10.1. The normalized spacial score (nSPS) is 13.6. The lowest BCUT2D eigenvalue weighted by Gasteiger charge is -2.19. The molecule has 32 heavy (non-hydrogen) atoms. The first kappa shape index (κ1) is 25.5. The van der Waals surface area contributed by atoms with Gasteiger partial charge in [-0.15, -0.1) is 0 Å². The van der Waals surface area contributed by atoms with Crippen LogP contribution < -0.4 is 10.0 Å². The Morgan fingerprint density at radius 3 is 2.44 bits per heavy atom. The van der Waals surface area contributed by atoms with E-state index in [1.165, 1.54) is 42.1 Å². The van der Waals surface area contributed by atoms with Gasteiger partial charge in [-0.25, -0.2) is 8.42 Å². The Kier molecular flexibility index (Phi) is 9.85. The van der Waals surface area contributed by atoms with Gasteiger partial charge in [0.2, 0.25) is 15.9 Å². The number of thioether (sulfide) groups is 1. The number of aliphatic hydroxyl groups is 1. The number of hydrogen-bond donors (Lipinski definition) is 3. The van der Waals surface area contributed by atoms with Crippen LogP contribution in [0.3, 0.4) is 0 Å². The number of benzene rings is 2. The number of carbonyl (C=O) groups excluding carboxylic acids is 1.